The third kappa shape index (κ3) is 3.56. The summed E-state index contributed by atoms with van der Waals surface area (Å²) in [6.07, 6.45) is 7.12. The highest BCUT2D eigenvalue weighted by atomic mass is 32.1. The SMILES string of the molecule is c1cnc2c(c1)CCCC2N(Cc1nc2ccccc2[nH]1)c1ccc(-c2nccs2)cc1. The summed E-state index contributed by atoms with van der Waals surface area (Å²) >= 11 is 1.66. The Morgan fingerprint density at radius 1 is 0.969 bits per heavy atom. The summed E-state index contributed by atoms with van der Waals surface area (Å²) in [5.41, 5.74) is 6.95. The second-order valence-corrected chi connectivity index (χ2v) is 9.06. The number of para-hydroxylation sites is 2. The van der Waals surface area contributed by atoms with Gasteiger partial charge in [0, 0.05) is 29.0 Å². The molecule has 1 atom stereocenters. The largest absolute Gasteiger partial charge is 0.355 e. The van der Waals surface area contributed by atoms with Gasteiger partial charge in [0.25, 0.3) is 0 Å². The van der Waals surface area contributed by atoms with E-state index < -0.39 is 0 Å². The first kappa shape index (κ1) is 19.2. The zero-order valence-corrected chi connectivity index (χ0v) is 18.4. The van der Waals surface area contributed by atoms with Crippen molar-refractivity contribution >= 4 is 28.1 Å². The van der Waals surface area contributed by atoms with Crippen LogP contribution in [0.2, 0.25) is 0 Å². The number of hydrogen-bond donors (Lipinski definition) is 1. The number of aromatic amines is 1. The van der Waals surface area contributed by atoms with E-state index in [0.717, 1.165) is 46.7 Å². The van der Waals surface area contributed by atoms with E-state index in [1.807, 2.05) is 36.0 Å². The highest BCUT2D eigenvalue weighted by Gasteiger charge is 2.28. The number of rotatable bonds is 5. The number of pyridine rings is 1. The number of nitrogens with zero attached hydrogens (tertiary/aromatic N) is 4. The number of benzene rings is 2. The molecule has 1 unspecified atom stereocenters. The van der Waals surface area contributed by atoms with Gasteiger partial charge in [-0.25, -0.2) is 9.97 Å². The van der Waals surface area contributed by atoms with Gasteiger partial charge in [0.15, 0.2) is 0 Å². The van der Waals surface area contributed by atoms with Crippen LogP contribution in [0.25, 0.3) is 21.6 Å². The molecule has 6 rings (SSSR count). The minimum Gasteiger partial charge on any atom is -0.355 e. The minimum atomic E-state index is 0.221. The fraction of sp³-hybridized carbons (Fsp3) is 0.192. The van der Waals surface area contributed by atoms with Crippen LogP contribution in [0.3, 0.4) is 0 Å². The maximum absolute atomic E-state index is 4.86. The molecule has 0 amide bonds. The lowest BCUT2D eigenvalue weighted by Gasteiger charge is -2.36. The molecule has 158 valence electrons. The Morgan fingerprint density at radius 3 is 2.72 bits per heavy atom. The highest BCUT2D eigenvalue weighted by molar-refractivity contribution is 7.13. The van der Waals surface area contributed by atoms with Crippen molar-refractivity contribution in [2.24, 2.45) is 0 Å². The lowest BCUT2D eigenvalue weighted by molar-refractivity contribution is 0.501. The van der Waals surface area contributed by atoms with Crippen molar-refractivity contribution < 1.29 is 0 Å². The van der Waals surface area contributed by atoms with Crippen molar-refractivity contribution in [1.82, 2.24) is 19.9 Å². The standard InChI is InChI=1S/C26H23N5S/c1-2-8-22-21(7-1)29-24(30-22)17-31(23-9-3-5-18-6-4-14-27-25(18)23)20-12-10-19(11-13-20)26-28-15-16-32-26/h1-2,4,6-8,10-16,23H,3,5,9,17H2,(H,29,30). The van der Waals surface area contributed by atoms with Gasteiger partial charge < -0.3 is 9.88 Å². The molecule has 0 fully saturated rings. The van der Waals surface area contributed by atoms with Gasteiger partial charge in [-0.3, -0.25) is 4.98 Å². The van der Waals surface area contributed by atoms with E-state index in [4.69, 9.17) is 9.97 Å². The zero-order valence-electron chi connectivity index (χ0n) is 17.6. The van der Waals surface area contributed by atoms with Crippen molar-refractivity contribution in [2.45, 2.75) is 31.8 Å². The Hall–Kier alpha value is -3.51. The molecule has 3 heterocycles. The Morgan fingerprint density at radius 2 is 1.88 bits per heavy atom. The van der Waals surface area contributed by atoms with Crippen molar-refractivity contribution in [2.75, 3.05) is 4.90 Å². The lowest BCUT2D eigenvalue weighted by Crippen LogP contribution is -2.32. The number of aryl methyl sites for hydroxylation is 1. The molecule has 5 nitrogen and oxygen atoms in total. The van der Waals surface area contributed by atoms with Gasteiger partial charge in [-0.15, -0.1) is 11.3 Å². The Bertz CT molecular complexity index is 1310. The normalized spacial score (nSPS) is 15.6. The van der Waals surface area contributed by atoms with E-state index in [0.29, 0.717) is 6.54 Å². The second-order valence-electron chi connectivity index (χ2n) is 8.17. The molecule has 6 heteroatoms. The molecule has 5 aromatic rings. The smallest absolute Gasteiger partial charge is 0.126 e. The molecule has 1 aliphatic rings. The van der Waals surface area contributed by atoms with Crippen LogP contribution in [0.4, 0.5) is 5.69 Å². The number of hydrogen-bond acceptors (Lipinski definition) is 5. The summed E-state index contributed by atoms with van der Waals surface area (Å²) in [5.74, 6) is 0.971. The van der Waals surface area contributed by atoms with Gasteiger partial charge >= 0.3 is 0 Å². The van der Waals surface area contributed by atoms with E-state index >= 15 is 0 Å². The van der Waals surface area contributed by atoms with Gasteiger partial charge in [-0.1, -0.05) is 18.2 Å². The first-order valence-corrected chi connectivity index (χ1v) is 11.9. The van der Waals surface area contributed by atoms with Crippen molar-refractivity contribution in [3.8, 4) is 10.6 Å². The van der Waals surface area contributed by atoms with E-state index in [1.165, 1.54) is 16.9 Å². The van der Waals surface area contributed by atoms with E-state index in [9.17, 15) is 0 Å². The molecule has 1 aliphatic carbocycles. The zero-order chi connectivity index (χ0) is 21.3. The predicted octanol–water partition coefficient (Wildman–Crippen LogP) is 6.17. The molecule has 0 bridgehead atoms. The quantitative estimate of drug-likeness (QED) is 0.357. The molecular formula is C26H23N5S. The van der Waals surface area contributed by atoms with Gasteiger partial charge in [0.1, 0.15) is 10.8 Å². The number of nitrogens with one attached hydrogen (secondary N) is 1. The van der Waals surface area contributed by atoms with Crippen LogP contribution in [0, 0.1) is 0 Å². The van der Waals surface area contributed by atoms with Crippen molar-refractivity contribution in [3.05, 3.63) is 95.5 Å². The molecular weight excluding hydrogens is 414 g/mol. The molecule has 2 aromatic carbocycles. The fourth-order valence-corrected chi connectivity index (χ4v) is 5.32. The molecule has 0 spiro atoms. The summed E-state index contributed by atoms with van der Waals surface area (Å²) in [6.45, 7) is 0.700. The average Bonchev–Trinajstić information content (AvgIpc) is 3.52. The molecule has 32 heavy (non-hydrogen) atoms. The molecule has 0 radical (unpaired) electrons. The van der Waals surface area contributed by atoms with Gasteiger partial charge in [0.2, 0.25) is 0 Å². The molecule has 0 saturated carbocycles. The monoisotopic (exact) mass is 437 g/mol. The number of H-pyrrole nitrogens is 1. The summed E-state index contributed by atoms with van der Waals surface area (Å²) < 4.78 is 0. The number of thiazole rings is 1. The Labute approximate surface area is 190 Å². The fourth-order valence-electron chi connectivity index (χ4n) is 4.67. The van der Waals surface area contributed by atoms with Gasteiger partial charge in [0.05, 0.1) is 29.3 Å². The summed E-state index contributed by atoms with van der Waals surface area (Å²) in [5, 5.41) is 3.06. The number of anilines is 1. The Kier molecular flexibility index (Phi) is 4.92. The average molecular weight is 438 g/mol. The number of aromatic nitrogens is 4. The highest BCUT2D eigenvalue weighted by Crippen LogP contribution is 2.37. The summed E-state index contributed by atoms with van der Waals surface area (Å²) in [7, 11) is 0. The maximum Gasteiger partial charge on any atom is 0.126 e. The third-order valence-corrected chi connectivity index (χ3v) is 7.00. The second kappa shape index (κ2) is 8.20. The van der Waals surface area contributed by atoms with Crippen molar-refractivity contribution in [3.63, 3.8) is 0 Å². The van der Waals surface area contributed by atoms with Crippen molar-refractivity contribution in [1.29, 1.82) is 0 Å². The van der Waals surface area contributed by atoms with Crippen LogP contribution in [0.1, 0.15) is 36.0 Å². The molecule has 0 saturated heterocycles. The first-order valence-electron chi connectivity index (χ1n) is 11.0. The van der Waals surface area contributed by atoms with Crippen LogP contribution < -0.4 is 4.90 Å². The third-order valence-electron chi connectivity index (χ3n) is 6.18. The van der Waals surface area contributed by atoms with E-state index in [-0.39, 0.29) is 6.04 Å². The molecule has 3 aromatic heterocycles. The molecule has 1 N–H and O–H groups in total. The Balaban J connectivity index is 1.40. The maximum atomic E-state index is 4.86. The van der Waals surface area contributed by atoms with Gasteiger partial charge in [-0.2, -0.15) is 0 Å². The van der Waals surface area contributed by atoms with Crippen LogP contribution >= 0.6 is 11.3 Å². The van der Waals surface area contributed by atoms with Crippen LogP contribution in [-0.4, -0.2) is 19.9 Å². The minimum absolute atomic E-state index is 0.221. The van der Waals surface area contributed by atoms with Crippen LogP contribution in [0.5, 0.6) is 0 Å². The van der Waals surface area contributed by atoms with Gasteiger partial charge in [-0.05, 0) is 67.3 Å². The first-order chi connectivity index (χ1) is 15.8. The number of imidazole rings is 1. The topological polar surface area (TPSA) is 57.7 Å². The number of fused-ring (bicyclic) bond motifs is 2. The van der Waals surface area contributed by atoms with Crippen LogP contribution in [-0.2, 0) is 13.0 Å². The summed E-state index contributed by atoms with van der Waals surface area (Å²) in [6, 6.07) is 21.4. The molecule has 0 aliphatic heterocycles. The lowest BCUT2D eigenvalue weighted by atomic mass is 9.90. The summed E-state index contributed by atoms with van der Waals surface area (Å²) in [4.78, 5) is 20.1. The predicted molar refractivity (Wildman–Crippen MR) is 130 cm³/mol. The van der Waals surface area contributed by atoms with E-state index in [2.05, 4.69) is 57.3 Å². The van der Waals surface area contributed by atoms with Crippen LogP contribution in [0.15, 0.2) is 78.4 Å². The van der Waals surface area contributed by atoms with E-state index in [1.54, 1.807) is 11.3 Å².